The van der Waals surface area contributed by atoms with Crippen LogP contribution in [0.25, 0.3) is 0 Å². The molecular weight excluding hydrogens is 293 g/mol. The highest BCUT2D eigenvalue weighted by atomic mass is 79.9. The minimum absolute atomic E-state index is 0.0115. The van der Waals surface area contributed by atoms with Gasteiger partial charge < -0.3 is 9.64 Å². The summed E-state index contributed by atoms with van der Waals surface area (Å²) >= 11 is 3.16. The molecule has 0 aliphatic heterocycles. The zero-order chi connectivity index (χ0) is 13.0. The van der Waals surface area contributed by atoms with Crippen molar-refractivity contribution >= 4 is 33.5 Å². The van der Waals surface area contributed by atoms with Crippen molar-refractivity contribution in [1.29, 1.82) is 0 Å². The molecule has 92 valence electrons. The number of amides is 1. The Morgan fingerprint density at radius 1 is 1.47 bits per heavy atom. The smallest absolute Gasteiger partial charge is 0.397 e. The van der Waals surface area contributed by atoms with E-state index in [-0.39, 0.29) is 12.3 Å². The van der Waals surface area contributed by atoms with Crippen LogP contribution in [-0.2, 0) is 14.3 Å². The maximum absolute atomic E-state index is 13.5. The molecule has 0 aromatic heterocycles. The molecule has 0 unspecified atom stereocenters. The van der Waals surface area contributed by atoms with Crippen LogP contribution in [0, 0.1) is 5.82 Å². The highest BCUT2D eigenvalue weighted by molar-refractivity contribution is 9.10. The normalized spacial score (nSPS) is 9.88. The number of nitrogens with zero attached hydrogens (tertiary/aromatic N) is 1. The molecule has 0 saturated carbocycles. The average Bonchev–Trinajstić information content (AvgIpc) is 2.30. The van der Waals surface area contributed by atoms with Crippen LogP contribution < -0.4 is 4.90 Å². The summed E-state index contributed by atoms with van der Waals surface area (Å²) in [6.07, 6.45) is 0. The molecule has 0 heterocycles. The van der Waals surface area contributed by atoms with E-state index in [0.29, 0.717) is 4.47 Å². The molecule has 1 rings (SSSR count). The third kappa shape index (κ3) is 3.26. The summed E-state index contributed by atoms with van der Waals surface area (Å²) in [6, 6.07) is 4.11. The third-order valence-electron chi connectivity index (χ3n) is 2.02. The number of carbonyl (C=O) groups is 2. The highest BCUT2D eigenvalue weighted by Gasteiger charge is 2.23. The standard InChI is InChI=1S/C11H11BrFNO3/c1-3-17-11(16)10(15)14(2)9-6-7(12)4-5-8(9)13/h4-6H,3H2,1-2H3. The van der Waals surface area contributed by atoms with E-state index < -0.39 is 17.7 Å². The van der Waals surface area contributed by atoms with Crippen molar-refractivity contribution in [3.8, 4) is 0 Å². The van der Waals surface area contributed by atoms with E-state index >= 15 is 0 Å². The zero-order valence-electron chi connectivity index (χ0n) is 9.37. The summed E-state index contributed by atoms with van der Waals surface area (Å²) < 4.78 is 18.6. The molecule has 0 atom stereocenters. The van der Waals surface area contributed by atoms with Gasteiger partial charge in [0.05, 0.1) is 12.3 Å². The first-order chi connectivity index (χ1) is 7.97. The fraction of sp³-hybridized carbons (Fsp3) is 0.273. The van der Waals surface area contributed by atoms with Gasteiger partial charge in [-0.05, 0) is 25.1 Å². The van der Waals surface area contributed by atoms with E-state index in [9.17, 15) is 14.0 Å². The first-order valence-corrected chi connectivity index (χ1v) is 5.66. The monoisotopic (exact) mass is 303 g/mol. The van der Waals surface area contributed by atoms with E-state index in [4.69, 9.17) is 0 Å². The summed E-state index contributed by atoms with van der Waals surface area (Å²) in [5.41, 5.74) is 0.0115. The average molecular weight is 304 g/mol. The van der Waals surface area contributed by atoms with Crippen LogP contribution in [0.3, 0.4) is 0 Å². The predicted molar refractivity (Wildman–Crippen MR) is 64.1 cm³/mol. The van der Waals surface area contributed by atoms with Gasteiger partial charge >= 0.3 is 11.9 Å². The maximum Gasteiger partial charge on any atom is 0.397 e. The highest BCUT2D eigenvalue weighted by Crippen LogP contribution is 2.23. The Hall–Kier alpha value is -1.43. The number of ether oxygens (including phenoxy) is 1. The summed E-state index contributed by atoms with van der Waals surface area (Å²) in [4.78, 5) is 23.7. The van der Waals surface area contributed by atoms with Crippen LogP contribution in [0.15, 0.2) is 22.7 Å². The van der Waals surface area contributed by atoms with Crippen molar-refractivity contribution in [1.82, 2.24) is 0 Å². The first-order valence-electron chi connectivity index (χ1n) is 4.87. The lowest BCUT2D eigenvalue weighted by Gasteiger charge is -2.16. The topological polar surface area (TPSA) is 46.6 Å². The van der Waals surface area contributed by atoms with Gasteiger partial charge in [-0.2, -0.15) is 0 Å². The fourth-order valence-corrected chi connectivity index (χ4v) is 1.53. The van der Waals surface area contributed by atoms with Crippen LogP contribution in [-0.4, -0.2) is 25.5 Å². The Kier molecular flexibility index (Phi) is 4.62. The van der Waals surface area contributed by atoms with E-state index in [1.54, 1.807) is 6.92 Å². The van der Waals surface area contributed by atoms with Gasteiger partial charge in [-0.3, -0.25) is 4.79 Å². The van der Waals surface area contributed by atoms with Gasteiger partial charge in [-0.1, -0.05) is 15.9 Å². The minimum atomic E-state index is -1.01. The lowest BCUT2D eigenvalue weighted by Crippen LogP contribution is -2.35. The van der Waals surface area contributed by atoms with E-state index in [0.717, 1.165) is 4.90 Å². The van der Waals surface area contributed by atoms with Crippen molar-refractivity contribution in [2.75, 3.05) is 18.6 Å². The molecule has 0 radical (unpaired) electrons. The van der Waals surface area contributed by atoms with Crippen LogP contribution in [0.1, 0.15) is 6.92 Å². The minimum Gasteiger partial charge on any atom is -0.459 e. The van der Waals surface area contributed by atoms with Gasteiger partial charge in [0.1, 0.15) is 5.82 Å². The molecule has 0 saturated heterocycles. The van der Waals surface area contributed by atoms with Crippen LogP contribution in [0.2, 0.25) is 0 Å². The molecule has 0 aliphatic rings. The molecule has 0 spiro atoms. The second-order valence-corrected chi connectivity index (χ2v) is 4.10. The Balaban J connectivity index is 2.96. The quantitative estimate of drug-likeness (QED) is 0.621. The number of esters is 1. The fourth-order valence-electron chi connectivity index (χ4n) is 1.18. The second-order valence-electron chi connectivity index (χ2n) is 3.18. The molecule has 17 heavy (non-hydrogen) atoms. The number of hydrogen-bond acceptors (Lipinski definition) is 3. The van der Waals surface area contributed by atoms with Gasteiger partial charge in [0.2, 0.25) is 0 Å². The Labute approximate surface area is 106 Å². The number of benzene rings is 1. The number of hydrogen-bond donors (Lipinski definition) is 0. The molecule has 1 amide bonds. The Bertz CT molecular complexity index is 450. The van der Waals surface area contributed by atoms with Crippen molar-refractivity contribution in [3.63, 3.8) is 0 Å². The largest absolute Gasteiger partial charge is 0.459 e. The van der Waals surface area contributed by atoms with E-state index in [1.165, 1.54) is 25.2 Å². The molecular formula is C11H11BrFNO3. The van der Waals surface area contributed by atoms with Crippen molar-refractivity contribution in [2.45, 2.75) is 6.92 Å². The third-order valence-corrected chi connectivity index (χ3v) is 2.52. The molecule has 1 aromatic rings. The van der Waals surface area contributed by atoms with Crippen molar-refractivity contribution in [2.24, 2.45) is 0 Å². The second kappa shape index (κ2) is 5.77. The zero-order valence-corrected chi connectivity index (χ0v) is 11.0. The predicted octanol–water partition coefficient (Wildman–Crippen LogP) is 2.11. The number of carbonyl (C=O) groups excluding carboxylic acids is 2. The lowest BCUT2D eigenvalue weighted by atomic mass is 10.3. The van der Waals surface area contributed by atoms with Crippen LogP contribution in [0.5, 0.6) is 0 Å². The van der Waals surface area contributed by atoms with Crippen molar-refractivity contribution < 1.29 is 18.7 Å². The van der Waals surface area contributed by atoms with Gasteiger partial charge in [-0.25, -0.2) is 9.18 Å². The summed E-state index contributed by atoms with van der Waals surface area (Å²) in [5.74, 6) is -2.51. The van der Waals surface area contributed by atoms with Gasteiger partial charge in [0.25, 0.3) is 0 Å². The molecule has 4 nitrogen and oxygen atoms in total. The van der Waals surface area contributed by atoms with Crippen molar-refractivity contribution in [3.05, 3.63) is 28.5 Å². The summed E-state index contributed by atoms with van der Waals surface area (Å²) in [5, 5.41) is 0. The maximum atomic E-state index is 13.5. The lowest BCUT2D eigenvalue weighted by molar-refractivity contribution is -0.153. The van der Waals surface area contributed by atoms with E-state index in [2.05, 4.69) is 20.7 Å². The molecule has 0 bridgehead atoms. The van der Waals surface area contributed by atoms with Gasteiger partial charge in [0.15, 0.2) is 0 Å². The Morgan fingerprint density at radius 2 is 2.12 bits per heavy atom. The molecule has 1 aromatic carbocycles. The summed E-state index contributed by atoms with van der Waals surface area (Å²) in [7, 11) is 1.31. The molecule has 0 aliphatic carbocycles. The number of rotatable bonds is 2. The van der Waals surface area contributed by atoms with E-state index in [1.807, 2.05) is 0 Å². The van der Waals surface area contributed by atoms with Gasteiger partial charge in [0, 0.05) is 11.5 Å². The van der Waals surface area contributed by atoms with Crippen LogP contribution >= 0.6 is 15.9 Å². The van der Waals surface area contributed by atoms with Crippen LogP contribution in [0.4, 0.5) is 10.1 Å². The number of likely N-dealkylation sites (N-methyl/N-ethyl adjacent to an activating group) is 1. The summed E-state index contributed by atoms with van der Waals surface area (Å²) in [6.45, 7) is 1.68. The number of anilines is 1. The number of halogens is 2. The van der Waals surface area contributed by atoms with Gasteiger partial charge in [-0.15, -0.1) is 0 Å². The molecule has 6 heteroatoms. The molecule has 0 N–H and O–H groups in total. The Morgan fingerprint density at radius 3 is 2.71 bits per heavy atom. The first kappa shape index (κ1) is 13.6. The molecule has 0 fully saturated rings. The SMILES string of the molecule is CCOC(=O)C(=O)N(C)c1cc(Br)ccc1F.